The Kier molecular flexibility index (Phi) is 13.9. The number of hydrogen-bond donors (Lipinski definition) is 2. The highest BCUT2D eigenvalue weighted by molar-refractivity contribution is 9.10. The summed E-state index contributed by atoms with van der Waals surface area (Å²) >= 11 is 3.50. The van der Waals surface area contributed by atoms with Gasteiger partial charge in [0.05, 0.1) is 28.8 Å². The summed E-state index contributed by atoms with van der Waals surface area (Å²) in [6, 6.07) is 20.2. The van der Waals surface area contributed by atoms with E-state index in [9.17, 15) is 18.9 Å². The van der Waals surface area contributed by atoms with Crippen molar-refractivity contribution in [3.05, 3.63) is 105 Å². The molecule has 4 N–H and O–H groups in total. The molecule has 2 heterocycles. The molecule has 0 saturated carbocycles. The van der Waals surface area contributed by atoms with Gasteiger partial charge in [0.25, 0.3) is 11.8 Å². The van der Waals surface area contributed by atoms with Gasteiger partial charge in [-0.15, -0.1) is 0 Å². The van der Waals surface area contributed by atoms with Gasteiger partial charge in [-0.1, -0.05) is 73.8 Å². The van der Waals surface area contributed by atoms with Crippen LogP contribution >= 0.6 is 15.9 Å². The minimum atomic E-state index is -1.60. The summed E-state index contributed by atoms with van der Waals surface area (Å²) in [5, 5.41) is 15.2. The second-order valence-electron chi connectivity index (χ2n) is 12.5. The van der Waals surface area contributed by atoms with Gasteiger partial charge in [0.1, 0.15) is 0 Å². The first-order chi connectivity index (χ1) is 23.7. The molecule has 1 aliphatic heterocycles. The van der Waals surface area contributed by atoms with Crippen LogP contribution in [0.3, 0.4) is 0 Å². The van der Waals surface area contributed by atoms with Crippen LogP contribution in [-0.2, 0) is 30.4 Å². The summed E-state index contributed by atoms with van der Waals surface area (Å²) in [6.45, 7) is 9.59. The van der Waals surface area contributed by atoms with Crippen LogP contribution in [-0.4, -0.2) is 71.9 Å². The first-order valence-electron chi connectivity index (χ1n) is 17.1. The van der Waals surface area contributed by atoms with Gasteiger partial charge in [0.2, 0.25) is 0 Å². The molecule has 0 saturated heterocycles. The molecule has 10 nitrogen and oxygen atoms in total. The molecule has 1 unspecified atom stereocenters. The fourth-order valence-electron chi connectivity index (χ4n) is 6.26. The molecule has 0 aliphatic carbocycles. The Morgan fingerprint density at radius 2 is 1.70 bits per heavy atom. The van der Waals surface area contributed by atoms with Crippen LogP contribution < -0.4 is 4.72 Å². The van der Waals surface area contributed by atoms with Gasteiger partial charge < -0.3 is 25.1 Å². The lowest BCUT2D eigenvalue weighted by molar-refractivity contribution is 0.0544. The topological polar surface area (TPSA) is 139 Å². The van der Waals surface area contributed by atoms with Gasteiger partial charge in [0, 0.05) is 35.5 Å². The molecular formula is C38H48BrN5O5S. The van der Waals surface area contributed by atoms with Crippen molar-refractivity contribution in [3.63, 3.8) is 0 Å². The van der Waals surface area contributed by atoms with Gasteiger partial charge in [-0.05, 0) is 91.8 Å². The summed E-state index contributed by atoms with van der Waals surface area (Å²) in [6.07, 6.45) is 5.03. The van der Waals surface area contributed by atoms with E-state index in [1.54, 1.807) is 33.8 Å². The third kappa shape index (κ3) is 8.71. The summed E-state index contributed by atoms with van der Waals surface area (Å²) in [5.74, 6) is -0.411. The highest BCUT2D eigenvalue weighted by Crippen LogP contribution is 2.30. The molecule has 3 aromatic carbocycles. The molecule has 50 heavy (non-hydrogen) atoms. The standard InChI is InChI=1S/C38H46BrN5O4S.H2O/c1-5-8-18-42(19-9-6-2)38(47)34-20-26(4)44(40-34)35-16-15-31(41-49(48)36-17-14-30(39)21-27(36)7-3)23-33(35)37(46)43-24-29-13-11-10-12-28(29)22-32(43)25-45;/h10-17,20-21,23,32,41,45H,5-9,18-19,22,24-25H2,1-4H3;1H2/t32-,49?;/m0./s1. The maximum absolute atomic E-state index is 14.6. The van der Waals surface area contributed by atoms with E-state index in [4.69, 9.17) is 5.10 Å². The van der Waals surface area contributed by atoms with Gasteiger partial charge >= 0.3 is 0 Å². The van der Waals surface area contributed by atoms with E-state index < -0.39 is 17.0 Å². The van der Waals surface area contributed by atoms with Crippen LogP contribution in [0.4, 0.5) is 5.69 Å². The van der Waals surface area contributed by atoms with Crippen molar-refractivity contribution in [2.45, 2.75) is 83.7 Å². The lowest BCUT2D eigenvalue weighted by Gasteiger charge is -2.36. The number of carbonyl (C=O) groups excluding carboxylic acids is 2. The van der Waals surface area contributed by atoms with Crippen LogP contribution in [0, 0.1) is 6.92 Å². The maximum atomic E-state index is 14.6. The fourth-order valence-corrected chi connectivity index (χ4v) is 7.76. The first kappa shape index (κ1) is 39.0. The van der Waals surface area contributed by atoms with Crippen LogP contribution in [0.15, 0.2) is 76.1 Å². The van der Waals surface area contributed by atoms with Gasteiger partial charge in [-0.2, -0.15) is 5.10 Å². The number of carbonyl (C=O) groups is 2. The van der Waals surface area contributed by atoms with Crippen LogP contribution in [0.5, 0.6) is 0 Å². The molecule has 0 spiro atoms. The van der Waals surface area contributed by atoms with Crippen molar-refractivity contribution in [2.24, 2.45) is 0 Å². The number of hydrogen-bond acceptors (Lipinski definition) is 5. The number of anilines is 1. The Bertz CT molecular complexity index is 1820. The number of amides is 2. The number of fused-ring (bicyclic) bond motifs is 1. The highest BCUT2D eigenvalue weighted by atomic mass is 79.9. The largest absolute Gasteiger partial charge is 0.412 e. The Hall–Kier alpha value is -3.84. The van der Waals surface area contributed by atoms with Crippen molar-refractivity contribution >= 4 is 44.4 Å². The van der Waals surface area contributed by atoms with E-state index in [2.05, 4.69) is 34.5 Å². The maximum Gasteiger partial charge on any atom is 0.274 e. The van der Waals surface area contributed by atoms with Crippen molar-refractivity contribution in [1.82, 2.24) is 19.6 Å². The van der Waals surface area contributed by atoms with Gasteiger partial charge in [0.15, 0.2) is 16.7 Å². The quantitative estimate of drug-likeness (QED) is 0.153. The van der Waals surface area contributed by atoms with E-state index in [1.807, 2.05) is 61.2 Å². The molecule has 2 amide bonds. The monoisotopic (exact) mass is 765 g/mol. The Labute approximate surface area is 305 Å². The Morgan fingerprint density at radius 3 is 2.36 bits per heavy atom. The summed E-state index contributed by atoms with van der Waals surface area (Å²) in [7, 11) is -1.60. The number of aliphatic hydroxyl groups excluding tert-OH is 1. The third-order valence-electron chi connectivity index (χ3n) is 9.05. The number of benzene rings is 3. The zero-order valence-electron chi connectivity index (χ0n) is 29.2. The zero-order valence-corrected chi connectivity index (χ0v) is 31.6. The highest BCUT2D eigenvalue weighted by Gasteiger charge is 2.32. The van der Waals surface area contributed by atoms with Crippen molar-refractivity contribution in [3.8, 4) is 5.69 Å². The molecule has 5 rings (SSSR count). The van der Waals surface area contributed by atoms with Crippen LogP contribution in [0.1, 0.15) is 89.7 Å². The number of aromatic nitrogens is 2. The summed E-state index contributed by atoms with van der Waals surface area (Å²) < 4.78 is 19.3. The molecule has 268 valence electrons. The minimum absolute atomic E-state index is 0. The van der Waals surface area contributed by atoms with Crippen molar-refractivity contribution in [1.29, 1.82) is 0 Å². The number of nitrogens with zero attached hydrogens (tertiary/aromatic N) is 4. The molecule has 12 heteroatoms. The van der Waals surface area contributed by atoms with Gasteiger partial charge in [-0.25, -0.2) is 8.89 Å². The molecular weight excluding hydrogens is 718 g/mol. The molecule has 2 atom stereocenters. The normalized spacial score (nSPS) is 14.4. The second-order valence-corrected chi connectivity index (χ2v) is 14.6. The molecule has 0 bridgehead atoms. The summed E-state index contributed by atoms with van der Waals surface area (Å²) in [4.78, 5) is 32.5. The predicted octanol–water partition coefficient (Wildman–Crippen LogP) is 6.42. The molecule has 0 fully saturated rings. The predicted molar refractivity (Wildman–Crippen MR) is 202 cm³/mol. The SMILES string of the molecule is CCCCN(CCCC)C(=O)c1cc(C)n(-c2ccc(NS(=O)c3ccc(Br)cc3CC)cc2C(=O)N2Cc3ccccc3C[C@H]2CO)n1.O. The van der Waals surface area contributed by atoms with Crippen LogP contribution in [0.2, 0.25) is 0 Å². The lowest BCUT2D eigenvalue weighted by Crippen LogP contribution is -2.46. The summed E-state index contributed by atoms with van der Waals surface area (Å²) in [5.41, 5.74) is 5.45. The van der Waals surface area contributed by atoms with E-state index in [1.165, 1.54) is 0 Å². The third-order valence-corrected chi connectivity index (χ3v) is 10.8. The van der Waals surface area contributed by atoms with Gasteiger partial charge in [-0.3, -0.25) is 9.59 Å². The molecule has 1 aromatic heterocycles. The number of rotatable bonds is 14. The van der Waals surface area contributed by atoms with E-state index in [0.717, 1.165) is 46.8 Å². The number of unbranched alkanes of at least 4 members (excludes halogenated alkanes) is 2. The number of aryl methyl sites for hydroxylation is 2. The second kappa shape index (κ2) is 17.9. The number of halogens is 1. The number of aliphatic hydroxyl groups is 1. The fraction of sp³-hybridized carbons (Fsp3) is 0.395. The molecule has 4 aromatic rings. The molecule has 1 aliphatic rings. The minimum Gasteiger partial charge on any atom is -0.412 e. The lowest BCUT2D eigenvalue weighted by atomic mass is 9.93. The molecule has 0 radical (unpaired) electrons. The van der Waals surface area contributed by atoms with Crippen molar-refractivity contribution in [2.75, 3.05) is 24.4 Å². The van der Waals surface area contributed by atoms with Crippen LogP contribution in [0.25, 0.3) is 5.69 Å². The van der Waals surface area contributed by atoms with E-state index >= 15 is 0 Å². The van der Waals surface area contributed by atoms with E-state index in [0.29, 0.717) is 65.7 Å². The van der Waals surface area contributed by atoms with Crippen molar-refractivity contribution < 1.29 is 24.4 Å². The first-order valence-corrected chi connectivity index (χ1v) is 19.1. The van der Waals surface area contributed by atoms with E-state index in [-0.39, 0.29) is 23.9 Å². The zero-order chi connectivity index (χ0) is 35.1. The average Bonchev–Trinajstić information content (AvgIpc) is 3.51. The Morgan fingerprint density at radius 1 is 1.00 bits per heavy atom. The Balaban J connectivity index is 0.00000562. The number of nitrogens with one attached hydrogen (secondary N) is 1. The average molecular weight is 767 g/mol. The smallest absolute Gasteiger partial charge is 0.274 e.